The van der Waals surface area contributed by atoms with Gasteiger partial charge in [-0.3, -0.25) is 0 Å². The Kier molecular flexibility index (Phi) is 4.97. The Labute approximate surface area is 119 Å². The molecule has 2 rings (SSSR count). The minimum absolute atomic E-state index is 0.765. The molecule has 0 amide bonds. The zero-order valence-electron chi connectivity index (χ0n) is 11.9. The van der Waals surface area contributed by atoms with Crippen LogP contribution in [0.4, 0.5) is 5.69 Å². The second-order valence-electron chi connectivity index (χ2n) is 4.89. The smallest absolute Gasteiger partial charge is 0.0901 e. The quantitative estimate of drug-likeness (QED) is 0.804. The molecule has 102 valence electrons. The van der Waals surface area contributed by atoms with Crippen LogP contribution >= 0.6 is 11.3 Å². The summed E-state index contributed by atoms with van der Waals surface area (Å²) in [7, 11) is 0. The number of hydrogen-bond acceptors (Lipinski definition) is 3. The fraction of sp³-hybridized carbons (Fsp3) is 0.438. The number of aryl methyl sites for hydroxylation is 1. The molecule has 0 saturated carbocycles. The largest absolute Gasteiger partial charge is 0.385 e. The van der Waals surface area contributed by atoms with Crippen molar-refractivity contribution >= 4 is 17.0 Å². The van der Waals surface area contributed by atoms with E-state index in [0.29, 0.717) is 0 Å². The van der Waals surface area contributed by atoms with Gasteiger partial charge in [-0.25, -0.2) is 4.98 Å². The number of nitrogens with zero attached hydrogens (tertiary/aromatic N) is 1. The zero-order chi connectivity index (χ0) is 13.7. The van der Waals surface area contributed by atoms with E-state index in [1.807, 2.05) is 6.92 Å². The van der Waals surface area contributed by atoms with Crippen LogP contribution in [0.1, 0.15) is 31.7 Å². The van der Waals surface area contributed by atoms with Crippen LogP contribution in [0, 0.1) is 12.8 Å². The number of aromatic nitrogens is 1. The monoisotopic (exact) mass is 274 g/mol. The van der Waals surface area contributed by atoms with E-state index in [4.69, 9.17) is 0 Å². The number of hydrogen-bond donors (Lipinski definition) is 1. The van der Waals surface area contributed by atoms with Gasteiger partial charge in [0.15, 0.2) is 0 Å². The standard InChI is InChI=1S/C16H22N2S/c1-4-13(5-2)10-17-15-8-6-14(7-9-15)16-11-19-12(3)18-16/h6-9,11,13,17H,4-5,10H2,1-3H3. The van der Waals surface area contributed by atoms with Crippen molar-refractivity contribution in [3.63, 3.8) is 0 Å². The van der Waals surface area contributed by atoms with Gasteiger partial charge in [-0.15, -0.1) is 11.3 Å². The minimum Gasteiger partial charge on any atom is -0.385 e. The molecule has 0 bridgehead atoms. The normalized spacial score (nSPS) is 10.9. The van der Waals surface area contributed by atoms with E-state index >= 15 is 0 Å². The molecule has 3 heteroatoms. The van der Waals surface area contributed by atoms with Crippen LogP contribution in [-0.4, -0.2) is 11.5 Å². The first kappa shape index (κ1) is 14.1. The number of benzene rings is 1. The minimum atomic E-state index is 0.765. The predicted molar refractivity (Wildman–Crippen MR) is 84.8 cm³/mol. The third-order valence-electron chi connectivity index (χ3n) is 3.55. The van der Waals surface area contributed by atoms with Crippen LogP contribution in [0.2, 0.25) is 0 Å². The average molecular weight is 274 g/mol. The van der Waals surface area contributed by atoms with Crippen molar-refractivity contribution in [2.45, 2.75) is 33.6 Å². The fourth-order valence-corrected chi connectivity index (χ4v) is 2.72. The molecule has 0 fully saturated rings. The Bertz CT molecular complexity index is 498. The summed E-state index contributed by atoms with van der Waals surface area (Å²) in [4.78, 5) is 4.51. The maximum Gasteiger partial charge on any atom is 0.0901 e. The Morgan fingerprint density at radius 1 is 1.16 bits per heavy atom. The second kappa shape index (κ2) is 6.71. The van der Waals surface area contributed by atoms with Crippen LogP contribution in [0.15, 0.2) is 29.6 Å². The van der Waals surface area contributed by atoms with E-state index in [1.165, 1.54) is 24.1 Å². The van der Waals surface area contributed by atoms with E-state index in [0.717, 1.165) is 23.2 Å². The first-order valence-corrected chi connectivity index (χ1v) is 7.87. The second-order valence-corrected chi connectivity index (χ2v) is 5.95. The fourth-order valence-electron chi connectivity index (χ4n) is 2.09. The predicted octanol–water partition coefficient (Wildman–Crippen LogP) is 4.97. The molecule has 1 aromatic heterocycles. The summed E-state index contributed by atoms with van der Waals surface area (Å²) in [6.07, 6.45) is 2.47. The van der Waals surface area contributed by atoms with Gasteiger partial charge in [0, 0.05) is 23.2 Å². The van der Waals surface area contributed by atoms with Gasteiger partial charge in [0.25, 0.3) is 0 Å². The topological polar surface area (TPSA) is 24.9 Å². The maximum atomic E-state index is 4.51. The SMILES string of the molecule is CCC(CC)CNc1ccc(-c2csc(C)n2)cc1. The van der Waals surface area contributed by atoms with Crippen molar-refractivity contribution in [3.05, 3.63) is 34.7 Å². The maximum absolute atomic E-state index is 4.51. The van der Waals surface area contributed by atoms with Crippen molar-refractivity contribution in [3.8, 4) is 11.3 Å². The van der Waals surface area contributed by atoms with Crippen LogP contribution in [0.5, 0.6) is 0 Å². The number of nitrogens with one attached hydrogen (secondary N) is 1. The molecular formula is C16H22N2S. The lowest BCUT2D eigenvalue weighted by atomic mass is 10.0. The highest BCUT2D eigenvalue weighted by Gasteiger charge is 2.04. The van der Waals surface area contributed by atoms with Crippen molar-refractivity contribution in [1.29, 1.82) is 0 Å². The highest BCUT2D eigenvalue weighted by molar-refractivity contribution is 7.09. The van der Waals surface area contributed by atoms with Crippen molar-refractivity contribution in [2.24, 2.45) is 5.92 Å². The lowest BCUT2D eigenvalue weighted by Crippen LogP contribution is -2.12. The highest BCUT2D eigenvalue weighted by Crippen LogP contribution is 2.23. The van der Waals surface area contributed by atoms with Crippen molar-refractivity contribution < 1.29 is 0 Å². The Balaban J connectivity index is 1.98. The third-order valence-corrected chi connectivity index (χ3v) is 4.32. The molecule has 0 aliphatic rings. The Morgan fingerprint density at radius 3 is 2.37 bits per heavy atom. The molecule has 0 saturated heterocycles. The summed E-state index contributed by atoms with van der Waals surface area (Å²) >= 11 is 1.70. The van der Waals surface area contributed by atoms with E-state index in [-0.39, 0.29) is 0 Å². The number of thiazole rings is 1. The summed E-state index contributed by atoms with van der Waals surface area (Å²) in [5.74, 6) is 0.765. The summed E-state index contributed by atoms with van der Waals surface area (Å²) < 4.78 is 0. The molecule has 19 heavy (non-hydrogen) atoms. The lowest BCUT2D eigenvalue weighted by molar-refractivity contribution is 0.519. The van der Waals surface area contributed by atoms with Crippen LogP contribution in [0.25, 0.3) is 11.3 Å². The van der Waals surface area contributed by atoms with Gasteiger partial charge < -0.3 is 5.32 Å². The number of anilines is 1. The average Bonchev–Trinajstić information content (AvgIpc) is 2.87. The molecule has 1 N–H and O–H groups in total. The molecule has 2 nitrogen and oxygen atoms in total. The summed E-state index contributed by atoms with van der Waals surface area (Å²) in [6, 6.07) is 8.58. The molecular weight excluding hydrogens is 252 g/mol. The lowest BCUT2D eigenvalue weighted by Gasteiger charge is -2.14. The van der Waals surface area contributed by atoms with Crippen molar-refractivity contribution in [1.82, 2.24) is 4.98 Å². The molecule has 2 aromatic rings. The van der Waals surface area contributed by atoms with E-state index in [2.05, 4.69) is 53.8 Å². The van der Waals surface area contributed by atoms with E-state index in [1.54, 1.807) is 11.3 Å². The molecule has 0 aliphatic heterocycles. The summed E-state index contributed by atoms with van der Waals surface area (Å²) in [6.45, 7) is 7.61. The van der Waals surface area contributed by atoms with Gasteiger partial charge >= 0.3 is 0 Å². The Morgan fingerprint density at radius 2 is 1.84 bits per heavy atom. The van der Waals surface area contributed by atoms with Crippen molar-refractivity contribution in [2.75, 3.05) is 11.9 Å². The first-order chi connectivity index (χ1) is 9.22. The van der Waals surface area contributed by atoms with Gasteiger partial charge in [-0.1, -0.05) is 38.8 Å². The molecule has 1 aromatic carbocycles. The first-order valence-electron chi connectivity index (χ1n) is 6.99. The number of rotatable bonds is 6. The van der Waals surface area contributed by atoms with E-state index in [9.17, 15) is 0 Å². The van der Waals surface area contributed by atoms with Gasteiger partial charge in [0.05, 0.1) is 10.7 Å². The summed E-state index contributed by atoms with van der Waals surface area (Å²) in [5, 5.41) is 6.74. The van der Waals surface area contributed by atoms with Crippen LogP contribution < -0.4 is 5.32 Å². The van der Waals surface area contributed by atoms with Gasteiger partial charge in [-0.2, -0.15) is 0 Å². The Hall–Kier alpha value is -1.35. The molecule has 0 radical (unpaired) electrons. The molecule has 0 spiro atoms. The van der Waals surface area contributed by atoms with Crippen LogP contribution in [0.3, 0.4) is 0 Å². The molecule has 0 aliphatic carbocycles. The van der Waals surface area contributed by atoms with Gasteiger partial charge in [0.2, 0.25) is 0 Å². The molecule has 0 atom stereocenters. The summed E-state index contributed by atoms with van der Waals surface area (Å²) in [5.41, 5.74) is 3.47. The third kappa shape index (κ3) is 3.80. The zero-order valence-corrected chi connectivity index (χ0v) is 12.8. The van der Waals surface area contributed by atoms with Gasteiger partial charge in [-0.05, 0) is 25.0 Å². The molecule has 0 unspecified atom stereocenters. The van der Waals surface area contributed by atoms with Crippen LogP contribution in [-0.2, 0) is 0 Å². The van der Waals surface area contributed by atoms with E-state index < -0.39 is 0 Å². The van der Waals surface area contributed by atoms with Gasteiger partial charge in [0.1, 0.15) is 0 Å². The molecule has 1 heterocycles. The highest BCUT2D eigenvalue weighted by atomic mass is 32.1.